The minimum Gasteiger partial charge on any atom is -0.466 e. The molecule has 0 aliphatic carbocycles. The number of carbonyl (C=O) groups excluding carboxylic acids is 2. The van der Waals surface area contributed by atoms with E-state index in [1.165, 1.54) is 11.3 Å². The van der Waals surface area contributed by atoms with Gasteiger partial charge in [-0.05, 0) is 37.0 Å². The van der Waals surface area contributed by atoms with Gasteiger partial charge in [-0.3, -0.25) is 14.6 Å². The summed E-state index contributed by atoms with van der Waals surface area (Å²) in [5, 5.41) is 2.75. The zero-order valence-corrected chi connectivity index (χ0v) is 14.5. The maximum Gasteiger partial charge on any atom is 0.307 e. The van der Waals surface area contributed by atoms with Crippen molar-refractivity contribution in [1.82, 2.24) is 10.3 Å². The van der Waals surface area contributed by atoms with Crippen molar-refractivity contribution in [3.63, 3.8) is 0 Å². The van der Waals surface area contributed by atoms with E-state index in [2.05, 4.69) is 24.1 Å². The van der Waals surface area contributed by atoms with Gasteiger partial charge in [0, 0.05) is 12.7 Å². The summed E-state index contributed by atoms with van der Waals surface area (Å²) in [5.41, 5.74) is 1.93. The van der Waals surface area contributed by atoms with Gasteiger partial charge in [-0.1, -0.05) is 13.8 Å². The first-order chi connectivity index (χ1) is 11.0. The van der Waals surface area contributed by atoms with Crippen molar-refractivity contribution in [1.29, 1.82) is 0 Å². The van der Waals surface area contributed by atoms with Crippen LogP contribution in [0.1, 0.15) is 41.9 Å². The minimum atomic E-state index is -0.278. The molecule has 0 aliphatic heterocycles. The first kappa shape index (κ1) is 17.4. The van der Waals surface area contributed by atoms with E-state index in [4.69, 9.17) is 4.74 Å². The molecule has 0 spiro atoms. The molecule has 0 saturated carbocycles. The molecule has 6 heteroatoms. The summed E-state index contributed by atoms with van der Waals surface area (Å²) in [6, 6.07) is 3.71. The predicted molar refractivity (Wildman–Crippen MR) is 91.7 cm³/mol. The number of aryl methyl sites for hydroxylation is 1. The molecule has 0 bridgehead atoms. The number of ether oxygens (including phenoxy) is 1. The maximum atomic E-state index is 12.1. The average Bonchev–Trinajstić information content (AvgIpc) is 2.92. The molecule has 0 fully saturated rings. The van der Waals surface area contributed by atoms with Gasteiger partial charge in [0.25, 0.3) is 5.91 Å². The van der Waals surface area contributed by atoms with Crippen LogP contribution in [0.4, 0.5) is 0 Å². The molecule has 0 atom stereocenters. The minimum absolute atomic E-state index is 0.178. The lowest BCUT2D eigenvalue weighted by Crippen LogP contribution is -2.26. The smallest absolute Gasteiger partial charge is 0.307 e. The third-order valence-electron chi connectivity index (χ3n) is 3.41. The Morgan fingerprint density at radius 3 is 2.87 bits per heavy atom. The molecular formula is C17H22N2O3S. The van der Waals surface area contributed by atoms with Crippen LogP contribution in [0.15, 0.2) is 18.3 Å². The standard InChI is InChI=1S/C17H22N2O3S/c1-11(2)6-9-22-15(20)5-8-19-17(21)14-10-13-16(23-14)12(3)4-7-18-13/h4,7,10-11H,5-6,8-9H2,1-3H3,(H,19,21). The number of esters is 1. The normalized spacial score (nSPS) is 11.0. The molecule has 1 N–H and O–H groups in total. The zero-order chi connectivity index (χ0) is 16.8. The molecule has 1 amide bonds. The van der Waals surface area contributed by atoms with Gasteiger partial charge < -0.3 is 10.1 Å². The van der Waals surface area contributed by atoms with Crippen molar-refractivity contribution >= 4 is 33.4 Å². The van der Waals surface area contributed by atoms with Gasteiger partial charge >= 0.3 is 5.97 Å². The number of nitrogens with zero attached hydrogens (tertiary/aromatic N) is 1. The Balaban J connectivity index is 1.80. The summed E-state index contributed by atoms with van der Waals surface area (Å²) in [4.78, 5) is 28.5. The number of hydrogen-bond acceptors (Lipinski definition) is 5. The average molecular weight is 334 g/mol. The van der Waals surface area contributed by atoms with Crippen LogP contribution in [0.2, 0.25) is 0 Å². The van der Waals surface area contributed by atoms with Crippen molar-refractivity contribution < 1.29 is 14.3 Å². The van der Waals surface area contributed by atoms with Crippen molar-refractivity contribution in [2.75, 3.05) is 13.2 Å². The monoisotopic (exact) mass is 334 g/mol. The van der Waals surface area contributed by atoms with Gasteiger partial charge in [0.1, 0.15) is 0 Å². The van der Waals surface area contributed by atoms with Gasteiger partial charge in [0.05, 0.1) is 28.1 Å². The molecule has 124 valence electrons. The lowest BCUT2D eigenvalue weighted by Gasteiger charge is -2.07. The fourth-order valence-electron chi connectivity index (χ4n) is 2.02. The number of nitrogens with one attached hydrogen (secondary N) is 1. The topological polar surface area (TPSA) is 68.3 Å². The van der Waals surface area contributed by atoms with E-state index in [1.807, 2.05) is 13.0 Å². The number of pyridine rings is 1. The van der Waals surface area contributed by atoms with Crippen molar-refractivity contribution in [3.05, 3.63) is 28.8 Å². The van der Waals surface area contributed by atoms with Crippen LogP contribution >= 0.6 is 11.3 Å². The van der Waals surface area contributed by atoms with Gasteiger partial charge in [-0.25, -0.2) is 0 Å². The predicted octanol–water partition coefficient (Wildman–Crippen LogP) is 3.31. The third-order valence-corrected chi connectivity index (χ3v) is 4.66. The van der Waals surface area contributed by atoms with Gasteiger partial charge in [-0.15, -0.1) is 11.3 Å². The van der Waals surface area contributed by atoms with Crippen LogP contribution in [0.25, 0.3) is 10.2 Å². The van der Waals surface area contributed by atoms with E-state index in [-0.39, 0.29) is 24.8 Å². The number of fused-ring (bicyclic) bond motifs is 1. The van der Waals surface area contributed by atoms with Crippen LogP contribution in [-0.2, 0) is 9.53 Å². The Morgan fingerprint density at radius 2 is 2.17 bits per heavy atom. The number of thiophene rings is 1. The Morgan fingerprint density at radius 1 is 1.39 bits per heavy atom. The summed E-state index contributed by atoms with van der Waals surface area (Å²) >= 11 is 1.42. The van der Waals surface area contributed by atoms with Crippen LogP contribution in [0.5, 0.6) is 0 Å². The first-order valence-corrected chi connectivity index (χ1v) is 8.58. The number of carbonyl (C=O) groups is 2. The maximum absolute atomic E-state index is 12.1. The molecule has 2 aromatic rings. The van der Waals surface area contributed by atoms with Crippen LogP contribution in [-0.4, -0.2) is 30.0 Å². The molecule has 23 heavy (non-hydrogen) atoms. The Labute approximate surface area is 140 Å². The quantitative estimate of drug-likeness (QED) is 0.789. The summed E-state index contributed by atoms with van der Waals surface area (Å²) in [6.45, 7) is 6.87. The highest BCUT2D eigenvalue weighted by Gasteiger charge is 2.12. The fraction of sp³-hybridized carbons (Fsp3) is 0.471. The third kappa shape index (κ3) is 5.03. The second kappa shape index (κ2) is 8.06. The molecule has 0 saturated heterocycles. The summed E-state index contributed by atoms with van der Waals surface area (Å²) in [5.74, 6) is 0.0507. The van der Waals surface area contributed by atoms with Gasteiger partial charge in [0.2, 0.25) is 0 Å². The molecule has 0 unspecified atom stereocenters. The van der Waals surface area contributed by atoms with Gasteiger partial charge in [-0.2, -0.15) is 0 Å². The van der Waals surface area contributed by atoms with E-state index < -0.39 is 0 Å². The number of aromatic nitrogens is 1. The summed E-state index contributed by atoms with van der Waals surface area (Å²) in [7, 11) is 0. The van der Waals surface area contributed by atoms with Crippen molar-refractivity contribution in [3.8, 4) is 0 Å². The number of amides is 1. The molecule has 2 aromatic heterocycles. The number of hydrogen-bond donors (Lipinski definition) is 1. The summed E-state index contributed by atoms with van der Waals surface area (Å²) < 4.78 is 6.13. The molecule has 2 rings (SSSR count). The first-order valence-electron chi connectivity index (χ1n) is 7.76. The van der Waals surface area contributed by atoms with Crippen LogP contribution in [0.3, 0.4) is 0 Å². The molecule has 2 heterocycles. The lowest BCUT2D eigenvalue weighted by atomic mass is 10.1. The van der Waals surface area contributed by atoms with Gasteiger partial charge in [0.15, 0.2) is 0 Å². The van der Waals surface area contributed by atoms with E-state index in [1.54, 1.807) is 12.3 Å². The van der Waals surface area contributed by atoms with E-state index in [0.717, 1.165) is 22.2 Å². The number of rotatable bonds is 7. The van der Waals surface area contributed by atoms with E-state index in [9.17, 15) is 9.59 Å². The Kier molecular flexibility index (Phi) is 6.10. The highest BCUT2D eigenvalue weighted by atomic mass is 32.1. The van der Waals surface area contributed by atoms with Crippen LogP contribution in [0, 0.1) is 12.8 Å². The molecule has 0 aromatic carbocycles. The lowest BCUT2D eigenvalue weighted by molar-refractivity contribution is -0.143. The molecular weight excluding hydrogens is 312 g/mol. The highest BCUT2D eigenvalue weighted by molar-refractivity contribution is 7.20. The van der Waals surface area contributed by atoms with Crippen molar-refractivity contribution in [2.45, 2.75) is 33.6 Å². The van der Waals surface area contributed by atoms with Crippen molar-refractivity contribution in [2.24, 2.45) is 5.92 Å². The Bertz CT molecular complexity index is 694. The second-order valence-electron chi connectivity index (χ2n) is 5.86. The second-order valence-corrected chi connectivity index (χ2v) is 6.91. The zero-order valence-electron chi connectivity index (χ0n) is 13.7. The molecule has 5 nitrogen and oxygen atoms in total. The fourth-order valence-corrected chi connectivity index (χ4v) is 3.02. The highest BCUT2D eigenvalue weighted by Crippen LogP contribution is 2.26. The van der Waals surface area contributed by atoms with E-state index >= 15 is 0 Å². The Hall–Kier alpha value is -1.95. The molecule has 0 radical (unpaired) electrons. The van der Waals surface area contributed by atoms with E-state index in [0.29, 0.717) is 17.4 Å². The SMILES string of the molecule is Cc1ccnc2cc(C(=O)NCCC(=O)OCCC(C)C)sc12. The summed E-state index contributed by atoms with van der Waals surface area (Å²) in [6.07, 6.45) is 2.78. The largest absolute Gasteiger partial charge is 0.466 e. The van der Waals surface area contributed by atoms with Crippen LogP contribution < -0.4 is 5.32 Å². The molecule has 0 aliphatic rings.